The Labute approximate surface area is 171 Å². The number of aryl methyl sites for hydroxylation is 1. The van der Waals surface area contributed by atoms with E-state index in [1.807, 2.05) is 6.92 Å². The van der Waals surface area contributed by atoms with Crippen LogP contribution in [0, 0.1) is 0 Å². The second-order valence-electron chi connectivity index (χ2n) is 6.57. The highest BCUT2D eigenvalue weighted by molar-refractivity contribution is 7.89. The zero-order chi connectivity index (χ0) is 22.1. The van der Waals surface area contributed by atoms with Crippen LogP contribution >= 0.6 is 0 Å². The highest BCUT2D eigenvalue weighted by atomic mass is 32.2. The number of primary sulfonamides is 1. The third-order valence-electron chi connectivity index (χ3n) is 4.55. The normalized spacial score (nSPS) is 11.9. The molecule has 0 radical (unpaired) electrons. The van der Waals surface area contributed by atoms with E-state index in [1.54, 1.807) is 4.57 Å². The summed E-state index contributed by atoms with van der Waals surface area (Å²) in [6.07, 6.45) is 2.64. The second kappa shape index (κ2) is 8.36. The van der Waals surface area contributed by atoms with Gasteiger partial charge in [0.25, 0.3) is 5.91 Å². The molecular formula is C19H20F2N4O4S. The summed E-state index contributed by atoms with van der Waals surface area (Å²) in [6, 6.07) is 6.91. The molecule has 0 saturated carbocycles. The lowest BCUT2D eigenvalue weighted by atomic mass is 10.1. The fourth-order valence-electron chi connectivity index (χ4n) is 3.26. The van der Waals surface area contributed by atoms with Crippen molar-refractivity contribution in [2.75, 3.05) is 0 Å². The number of hydrogen-bond donors (Lipinski definition) is 2. The second-order valence-corrected chi connectivity index (χ2v) is 8.14. The van der Waals surface area contributed by atoms with E-state index in [-0.39, 0.29) is 16.2 Å². The number of nitrogens with zero attached hydrogens (tertiary/aromatic N) is 2. The molecule has 0 bridgehead atoms. The standard InChI is InChI=1S/C19H20F2N4O4S/c1-2-3-8-25-15-9-11(29-19(20)21)4-6-13(15)16(18(22)26)17(25)14-7-5-12(10-24-14)30(23,27)28/h4-7,9-10,19H,2-3,8H2,1H3,(H2,22,26)(H2,23,27,28). The molecule has 4 N–H and O–H groups in total. The van der Waals surface area contributed by atoms with Gasteiger partial charge in [-0.2, -0.15) is 8.78 Å². The van der Waals surface area contributed by atoms with Crippen molar-refractivity contribution in [1.82, 2.24) is 9.55 Å². The third kappa shape index (κ3) is 4.26. The molecule has 0 fully saturated rings. The molecule has 0 unspecified atom stereocenters. The number of amides is 1. The van der Waals surface area contributed by atoms with E-state index in [1.165, 1.54) is 30.3 Å². The average molecular weight is 438 g/mol. The number of pyridine rings is 1. The molecule has 1 aromatic carbocycles. The Bertz CT molecular complexity index is 1190. The van der Waals surface area contributed by atoms with Gasteiger partial charge < -0.3 is 15.0 Å². The molecule has 0 aliphatic carbocycles. The van der Waals surface area contributed by atoms with Crippen molar-refractivity contribution in [3.63, 3.8) is 0 Å². The van der Waals surface area contributed by atoms with Crippen LogP contribution in [-0.2, 0) is 16.6 Å². The third-order valence-corrected chi connectivity index (χ3v) is 5.45. The number of benzene rings is 1. The van der Waals surface area contributed by atoms with Gasteiger partial charge in [-0.1, -0.05) is 13.3 Å². The number of aromatic nitrogens is 2. The smallest absolute Gasteiger partial charge is 0.387 e. The van der Waals surface area contributed by atoms with Gasteiger partial charge in [-0.3, -0.25) is 9.78 Å². The minimum Gasteiger partial charge on any atom is -0.435 e. The minimum atomic E-state index is -3.94. The van der Waals surface area contributed by atoms with Crippen molar-refractivity contribution < 1.29 is 26.7 Å². The first-order valence-corrected chi connectivity index (χ1v) is 10.6. The van der Waals surface area contributed by atoms with E-state index in [0.717, 1.165) is 19.0 Å². The van der Waals surface area contributed by atoms with Crippen LogP contribution < -0.4 is 15.6 Å². The van der Waals surface area contributed by atoms with Crippen LogP contribution in [0.25, 0.3) is 22.3 Å². The maximum absolute atomic E-state index is 12.7. The first kappa shape index (κ1) is 21.7. The zero-order valence-corrected chi connectivity index (χ0v) is 16.8. The van der Waals surface area contributed by atoms with E-state index in [0.29, 0.717) is 28.8 Å². The van der Waals surface area contributed by atoms with Crippen molar-refractivity contribution in [2.24, 2.45) is 10.9 Å². The van der Waals surface area contributed by atoms with Crippen molar-refractivity contribution in [3.05, 3.63) is 42.1 Å². The van der Waals surface area contributed by atoms with Crippen LogP contribution in [0.4, 0.5) is 8.78 Å². The first-order chi connectivity index (χ1) is 14.1. The number of fused-ring (bicyclic) bond motifs is 1. The van der Waals surface area contributed by atoms with Gasteiger partial charge in [0.2, 0.25) is 10.0 Å². The molecule has 8 nitrogen and oxygen atoms in total. The van der Waals surface area contributed by atoms with Gasteiger partial charge in [-0.25, -0.2) is 13.6 Å². The number of sulfonamides is 1. The number of hydrogen-bond acceptors (Lipinski definition) is 5. The number of unbranched alkanes of at least 4 members (excludes halogenated alkanes) is 1. The molecule has 1 amide bonds. The molecule has 0 saturated heterocycles. The average Bonchev–Trinajstić information content (AvgIpc) is 2.99. The lowest BCUT2D eigenvalue weighted by molar-refractivity contribution is -0.0497. The Kier molecular flexibility index (Phi) is 6.04. The summed E-state index contributed by atoms with van der Waals surface area (Å²) in [5, 5.41) is 5.57. The van der Waals surface area contributed by atoms with Crippen molar-refractivity contribution in [1.29, 1.82) is 0 Å². The number of ether oxygens (including phenoxy) is 1. The van der Waals surface area contributed by atoms with Gasteiger partial charge in [0, 0.05) is 24.2 Å². The molecule has 0 atom stereocenters. The van der Waals surface area contributed by atoms with E-state index < -0.39 is 22.5 Å². The molecule has 0 spiro atoms. The number of halogens is 2. The van der Waals surface area contributed by atoms with Crippen LogP contribution in [0.3, 0.4) is 0 Å². The highest BCUT2D eigenvalue weighted by Crippen LogP contribution is 2.35. The van der Waals surface area contributed by atoms with Crippen LogP contribution in [0.1, 0.15) is 30.1 Å². The Hall–Kier alpha value is -3.05. The van der Waals surface area contributed by atoms with Gasteiger partial charge in [0.1, 0.15) is 10.6 Å². The Morgan fingerprint density at radius 2 is 2.00 bits per heavy atom. The number of nitrogens with two attached hydrogens (primary N) is 2. The Morgan fingerprint density at radius 3 is 2.53 bits per heavy atom. The molecule has 30 heavy (non-hydrogen) atoms. The molecule has 0 aliphatic rings. The summed E-state index contributed by atoms with van der Waals surface area (Å²) in [5.41, 5.74) is 6.91. The maximum Gasteiger partial charge on any atom is 0.387 e. The topological polar surface area (TPSA) is 130 Å². The van der Waals surface area contributed by atoms with E-state index in [4.69, 9.17) is 10.9 Å². The van der Waals surface area contributed by atoms with Crippen LogP contribution in [0.5, 0.6) is 5.75 Å². The number of alkyl halides is 2. The monoisotopic (exact) mass is 438 g/mol. The molecule has 0 aliphatic heterocycles. The van der Waals surface area contributed by atoms with Gasteiger partial charge in [0.05, 0.1) is 22.5 Å². The van der Waals surface area contributed by atoms with Crippen LogP contribution in [0.15, 0.2) is 41.4 Å². The fourth-order valence-corrected chi connectivity index (χ4v) is 3.72. The van der Waals surface area contributed by atoms with Crippen LogP contribution in [-0.4, -0.2) is 30.5 Å². The molecule has 3 aromatic rings. The fraction of sp³-hybridized carbons (Fsp3) is 0.263. The number of carbonyl (C=O) groups is 1. The lowest BCUT2D eigenvalue weighted by Crippen LogP contribution is -2.14. The molecule has 160 valence electrons. The first-order valence-electron chi connectivity index (χ1n) is 9.03. The summed E-state index contributed by atoms with van der Waals surface area (Å²) in [4.78, 5) is 16.3. The van der Waals surface area contributed by atoms with Gasteiger partial charge in [-0.15, -0.1) is 0 Å². The van der Waals surface area contributed by atoms with E-state index in [9.17, 15) is 22.0 Å². The van der Waals surface area contributed by atoms with Gasteiger partial charge >= 0.3 is 6.61 Å². The van der Waals surface area contributed by atoms with Gasteiger partial charge in [0.15, 0.2) is 0 Å². The summed E-state index contributed by atoms with van der Waals surface area (Å²) >= 11 is 0. The van der Waals surface area contributed by atoms with Crippen LogP contribution in [0.2, 0.25) is 0 Å². The Balaban J connectivity index is 2.29. The molecule has 2 aromatic heterocycles. The highest BCUT2D eigenvalue weighted by Gasteiger charge is 2.24. The number of primary amides is 1. The van der Waals surface area contributed by atoms with E-state index >= 15 is 0 Å². The van der Waals surface area contributed by atoms with Crippen molar-refractivity contribution in [2.45, 2.75) is 37.8 Å². The summed E-state index contributed by atoms with van der Waals surface area (Å²) in [7, 11) is -3.94. The maximum atomic E-state index is 12.7. The molecular weight excluding hydrogens is 418 g/mol. The predicted octanol–water partition coefficient (Wildman–Crippen LogP) is 2.85. The number of rotatable bonds is 8. The van der Waals surface area contributed by atoms with Crippen molar-refractivity contribution in [3.8, 4) is 17.1 Å². The minimum absolute atomic E-state index is 0.0622. The molecule has 2 heterocycles. The number of carbonyl (C=O) groups excluding carboxylic acids is 1. The Morgan fingerprint density at radius 1 is 1.27 bits per heavy atom. The molecule has 11 heteroatoms. The van der Waals surface area contributed by atoms with E-state index in [2.05, 4.69) is 9.72 Å². The SMILES string of the molecule is CCCCn1c(-c2ccc(S(N)(=O)=O)cn2)c(C(N)=O)c2ccc(OC(F)F)cc21. The van der Waals surface area contributed by atoms with Gasteiger partial charge in [-0.05, 0) is 30.7 Å². The quantitative estimate of drug-likeness (QED) is 0.558. The lowest BCUT2D eigenvalue weighted by Gasteiger charge is -2.12. The predicted molar refractivity (Wildman–Crippen MR) is 107 cm³/mol. The summed E-state index contributed by atoms with van der Waals surface area (Å²) < 4.78 is 54.6. The molecule has 3 rings (SSSR count). The summed E-state index contributed by atoms with van der Waals surface area (Å²) in [6.45, 7) is -0.568. The zero-order valence-electron chi connectivity index (χ0n) is 16.0. The van der Waals surface area contributed by atoms with Crippen molar-refractivity contribution >= 4 is 26.8 Å². The summed E-state index contributed by atoms with van der Waals surface area (Å²) in [5.74, 6) is -0.794. The largest absolute Gasteiger partial charge is 0.435 e.